The zero-order chi connectivity index (χ0) is 44.7. The van der Waals surface area contributed by atoms with Gasteiger partial charge in [0, 0.05) is 28.1 Å². The molecule has 322 valence electrons. The minimum Gasteiger partial charge on any atom is -0.348 e. The average Bonchev–Trinajstić information content (AvgIpc) is 4.07. The van der Waals surface area contributed by atoms with Gasteiger partial charge in [-0.25, -0.2) is 4.98 Å². The SMILES string of the molecule is Cc1ncsc1-c1ccc([C@H](C)NC(=O)[C@@H]2CCCN2C(=O)C(NC(=O)c2ccc(-c3ccc(C4=N[C@@H](CC#N)c5nnc(C)n5-c5sc(C)c(C)c54)cc3)cc2)C(C)(C)C)cc1. The lowest BCUT2D eigenvalue weighted by atomic mass is 9.85. The number of aliphatic imine (C=N–C) groups is 1. The van der Waals surface area contributed by atoms with Gasteiger partial charge in [0.2, 0.25) is 11.8 Å². The van der Waals surface area contributed by atoms with Gasteiger partial charge in [-0.1, -0.05) is 81.4 Å². The maximum atomic E-state index is 14.3. The molecule has 12 nitrogen and oxygen atoms in total. The minimum absolute atomic E-state index is 0.179. The molecule has 2 N–H and O–H groups in total. The lowest BCUT2D eigenvalue weighted by Crippen LogP contribution is -2.57. The molecule has 3 aromatic heterocycles. The number of hydrogen-bond acceptors (Lipinski definition) is 10. The predicted molar refractivity (Wildman–Crippen MR) is 248 cm³/mol. The number of fused-ring (bicyclic) bond motifs is 3. The summed E-state index contributed by atoms with van der Waals surface area (Å²) in [7, 11) is 0. The van der Waals surface area contributed by atoms with Gasteiger partial charge in [0.25, 0.3) is 5.91 Å². The first-order chi connectivity index (χ1) is 30.1. The third kappa shape index (κ3) is 8.47. The maximum Gasteiger partial charge on any atom is 0.251 e. The molecule has 8 rings (SSSR count). The molecule has 1 unspecified atom stereocenters. The van der Waals surface area contributed by atoms with Gasteiger partial charge >= 0.3 is 0 Å². The van der Waals surface area contributed by atoms with Gasteiger partial charge in [-0.3, -0.25) is 23.9 Å². The van der Waals surface area contributed by atoms with Crippen LogP contribution in [0.3, 0.4) is 0 Å². The van der Waals surface area contributed by atoms with Crippen molar-refractivity contribution in [2.24, 2.45) is 10.4 Å². The van der Waals surface area contributed by atoms with Crippen LogP contribution in [0.15, 0.2) is 83.3 Å². The number of hydrogen-bond donors (Lipinski definition) is 2. The van der Waals surface area contributed by atoms with E-state index in [4.69, 9.17) is 4.99 Å². The quantitative estimate of drug-likeness (QED) is 0.139. The number of aryl methyl sites for hydroxylation is 3. The number of nitrogens with zero attached hydrogens (tertiary/aromatic N) is 7. The summed E-state index contributed by atoms with van der Waals surface area (Å²) in [4.78, 5) is 55.3. The van der Waals surface area contributed by atoms with Crippen molar-refractivity contribution in [3.8, 4) is 32.6 Å². The van der Waals surface area contributed by atoms with E-state index in [0.717, 1.165) is 66.1 Å². The van der Waals surface area contributed by atoms with E-state index in [9.17, 15) is 19.6 Å². The van der Waals surface area contributed by atoms with Crippen molar-refractivity contribution in [3.05, 3.63) is 128 Å². The molecule has 1 saturated heterocycles. The van der Waals surface area contributed by atoms with Gasteiger partial charge in [-0.15, -0.1) is 32.9 Å². The molecule has 0 radical (unpaired) electrons. The average molecular weight is 878 g/mol. The Morgan fingerprint density at radius 1 is 0.889 bits per heavy atom. The molecule has 14 heteroatoms. The maximum absolute atomic E-state index is 14.3. The molecule has 0 bridgehead atoms. The summed E-state index contributed by atoms with van der Waals surface area (Å²) in [5, 5.41) is 25.7. The minimum atomic E-state index is -0.860. The summed E-state index contributed by atoms with van der Waals surface area (Å²) in [6.07, 6.45) is 1.43. The molecular weight excluding hydrogens is 827 g/mol. The summed E-state index contributed by atoms with van der Waals surface area (Å²) >= 11 is 3.28. The molecule has 0 aliphatic carbocycles. The van der Waals surface area contributed by atoms with E-state index in [1.54, 1.807) is 39.7 Å². The van der Waals surface area contributed by atoms with Crippen molar-refractivity contribution < 1.29 is 14.4 Å². The van der Waals surface area contributed by atoms with Gasteiger partial charge in [0.1, 0.15) is 29.0 Å². The Kier molecular flexibility index (Phi) is 12.0. The highest BCUT2D eigenvalue weighted by molar-refractivity contribution is 7.15. The smallest absolute Gasteiger partial charge is 0.251 e. The fraction of sp³-hybridized carbons (Fsp3) is 0.347. The monoisotopic (exact) mass is 877 g/mol. The second kappa shape index (κ2) is 17.5. The molecule has 2 aliphatic rings. The largest absolute Gasteiger partial charge is 0.348 e. The highest BCUT2D eigenvalue weighted by atomic mass is 32.1. The highest BCUT2D eigenvalue weighted by Gasteiger charge is 2.42. The number of thiophene rings is 1. The van der Waals surface area contributed by atoms with E-state index in [2.05, 4.69) is 45.7 Å². The van der Waals surface area contributed by atoms with Crippen molar-refractivity contribution in [2.75, 3.05) is 6.54 Å². The molecule has 3 amide bonds. The van der Waals surface area contributed by atoms with E-state index in [-0.39, 0.29) is 30.2 Å². The van der Waals surface area contributed by atoms with Crippen LogP contribution in [-0.2, 0) is 9.59 Å². The molecule has 1 fully saturated rings. The van der Waals surface area contributed by atoms with Gasteiger partial charge in [0.15, 0.2) is 5.82 Å². The molecule has 0 saturated carbocycles. The van der Waals surface area contributed by atoms with Crippen molar-refractivity contribution in [3.63, 3.8) is 0 Å². The van der Waals surface area contributed by atoms with E-state index < -0.39 is 23.5 Å². The van der Waals surface area contributed by atoms with Crippen LogP contribution in [0.5, 0.6) is 0 Å². The normalized spacial score (nSPS) is 16.9. The summed E-state index contributed by atoms with van der Waals surface area (Å²) in [5.74, 6) is 0.588. The van der Waals surface area contributed by atoms with Gasteiger partial charge in [-0.2, -0.15) is 5.26 Å². The van der Waals surface area contributed by atoms with Crippen molar-refractivity contribution in [1.29, 1.82) is 5.26 Å². The van der Waals surface area contributed by atoms with E-state index in [0.29, 0.717) is 30.8 Å². The molecule has 5 heterocycles. The Bertz CT molecular complexity index is 2770. The Morgan fingerprint density at radius 2 is 1.54 bits per heavy atom. The summed E-state index contributed by atoms with van der Waals surface area (Å²) in [6.45, 7) is 16.3. The van der Waals surface area contributed by atoms with Crippen LogP contribution < -0.4 is 10.6 Å². The van der Waals surface area contributed by atoms with Gasteiger partial charge in [-0.05, 0) is 92.8 Å². The Hall–Kier alpha value is -6.30. The zero-order valence-corrected chi connectivity index (χ0v) is 38.4. The number of aromatic nitrogens is 4. The first-order valence-corrected chi connectivity index (χ1v) is 22.9. The predicted octanol–water partition coefficient (Wildman–Crippen LogP) is 9.17. The summed E-state index contributed by atoms with van der Waals surface area (Å²) < 4.78 is 2.04. The number of thiazole rings is 1. The number of nitriles is 1. The van der Waals surface area contributed by atoms with Crippen LogP contribution in [0.1, 0.15) is 114 Å². The highest BCUT2D eigenvalue weighted by Crippen LogP contribution is 2.40. The van der Waals surface area contributed by atoms with Crippen LogP contribution in [0.4, 0.5) is 0 Å². The molecule has 4 atom stereocenters. The number of carbonyl (C=O) groups excluding carboxylic acids is 3. The van der Waals surface area contributed by atoms with E-state index >= 15 is 0 Å². The van der Waals surface area contributed by atoms with Crippen molar-refractivity contribution >= 4 is 46.1 Å². The Labute approximate surface area is 376 Å². The van der Waals surface area contributed by atoms with Gasteiger partial charge in [0.05, 0.1) is 40.3 Å². The third-order valence-electron chi connectivity index (χ3n) is 12.2. The summed E-state index contributed by atoms with van der Waals surface area (Å²) in [6, 6.07) is 23.7. The lowest BCUT2D eigenvalue weighted by molar-refractivity contribution is -0.142. The Balaban J connectivity index is 0.948. The van der Waals surface area contributed by atoms with Crippen molar-refractivity contribution in [2.45, 2.75) is 98.8 Å². The van der Waals surface area contributed by atoms with Crippen LogP contribution in [0.2, 0.25) is 0 Å². The standard InChI is InChI=1S/C49H51N9O3S2/c1-27-30(4)63-48-40(27)41(53-38(23-24-50)44-56-55-31(5)58(44)48)35-17-13-33(14-18-35)34-15-21-37(22-16-34)45(59)54-43(49(6,7)8)47(61)57-25-9-10-39(57)46(60)52-28(2)32-11-19-36(20-12-32)42-29(3)51-26-62-42/h11-22,26,28,38-39,43H,9-10,23,25H2,1-8H3,(H,52,60)(H,54,59)/t28-,38-,39-,43?/m0/s1. The topological polar surface area (TPSA) is 158 Å². The van der Waals surface area contributed by atoms with Crippen LogP contribution in [0, 0.1) is 44.4 Å². The first-order valence-electron chi connectivity index (χ1n) is 21.2. The third-order valence-corrected chi connectivity index (χ3v) is 14.3. The molecular formula is C49H51N9O3S2. The van der Waals surface area contributed by atoms with Crippen LogP contribution >= 0.6 is 22.7 Å². The lowest BCUT2D eigenvalue weighted by Gasteiger charge is -2.35. The first kappa shape index (κ1) is 43.4. The van der Waals surface area contributed by atoms with Crippen LogP contribution in [0.25, 0.3) is 26.6 Å². The number of nitrogens with one attached hydrogen (secondary N) is 2. The van der Waals surface area contributed by atoms with Crippen molar-refractivity contribution in [1.82, 2.24) is 35.3 Å². The second-order valence-electron chi connectivity index (χ2n) is 17.5. The second-order valence-corrected chi connectivity index (χ2v) is 19.6. The van der Waals surface area contributed by atoms with Gasteiger partial charge < -0.3 is 15.5 Å². The van der Waals surface area contributed by atoms with Crippen LogP contribution in [-0.4, -0.2) is 66.7 Å². The molecule has 3 aromatic carbocycles. The fourth-order valence-corrected chi connectivity index (χ4v) is 10.5. The summed E-state index contributed by atoms with van der Waals surface area (Å²) in [5.41, 5.74) is 10.5. The number of rotatable bonds is 10. The molecule has 0 spiro atoms. The molecule has 6 aromatic rings. The fourth-order valence-electron chi connectivity index (χ4n) is 8.47. The number of benzene rings is 3. The van der Waals surface area contributed by atoms with E-state index in [1.807, 2.05) is 112 Å². The Morgan fingerprint density at radius 3 is 2.17 bits per heavy atom. The number of amides is 3. The molecule has 63 heavy (non-hydrogen) atoms. The number of carbonyl (C=O) groups is 3. The number of likely N-dealkylation sites (tertiary alicyclic amines) is 1. The zero-order valence-electron chi connectivity index (χ0n) is 36.8. The molecule has 2 aliphatic heterocycles. The van der Waals surface area contributed by atoms with E-state index in [1.165, 1.54) is 4.88 Å².